The smallest absolute Gasteiger partial charge is 0.368 e. The van der Waals surface area contributed by atoms with Crippen LogP contribution in [0.3, 0.4) is 0 Å². The average Bonchev–Trinajstić information content (AvgIpc) is 3.46. The van der Waals surface area contributed by atoms with Crippen molar-refractivity contribution in [2.24, 2.45) is 0 Å². The number of hydrogen-bond donors (Lipinski definition) is 1. The number of para-hydroxylation sites is 1. The van der Waals surface area contributed by atoms with E-state index in [0.29, 0.717) is 38.3 Å². The molecular weight excluding hydrogens is 643 g/mol. The largest absolute Gasteiger partial charge is 0.416 e. The summed E-state index contributed by atoms with van der Waals surface area (Å²) in [6, 6.07) is 13.8. The highest BCUT2D eigenvalue weighted by atomic mass is 19.4. The zero-order chi connectivity index (χ0) is 34.2. The first kappa shape index (κ1) is 33.3. The second-order valence-corrected chi connectivity index (χ2v) is 12.1. The van der Waals surface area contributed by atoms with Crippen molar-refractivity contribution in [1.29, 1.82) is 0 Å². The summed E-state index contributed by atoms with van der Waals surface area (Å²) in [7, 11) is 0. The van der Waals surface area contributed by atoms with Crippen LogP contribution in [0.15, 0.2) is 72.9 Å². The summed E-state index contributed by atoms with van der Waals surface area (Å²) < 4.78 is 95.0. The van der Waals surface area contributed by atoms with Crippen molar-refractivity contribution in [3.05, 3.63) is 101 Å². The Balaban J connectivity index is 1.20. The van der Waals surface area contributed by atoms with E-state index in [4.69, 9.17) is 0 Å². The first-order valence-electron chi connectivity index (χ1n) is 15.4. The highest BCUT2D eigenvalue weighted by molar-refractivity contribution is 5.95. The molecule has 2 aliphatic rings. The molecule has 1 N–H and O–H groups in total. The number of halogens is 7. The van der Waals surface area contributed by atoms with E-state index in [0.717, 1.165) is 22.2 Å². The third kappa shape index (κ3) is 7.28. The number of amides is 2. The summed E-state index contributed by atoms with van der Waals surface area (Å²) in [6.07, 6.45) is -8.17. The number of hydrogen-bond acceptors (Lipinski definition) is 4. The fourth-order valence-electron chi connectivity index (χ4n) is 6.46. The lowest BCUT2D eigenvalue weighted by molar-refractivity contribution is -0.143. The molecule has 0 aliphatic carbocycles. The molecule has 254 valence electrons. The number of aromatic nitrogens is 1. The number of alkyl halides is 6. The van der Waals surface area contributed by atoms with E-state index in [-0.39, 0.29) is 50.4 Å². The summed E-state index contributed by atoms with van der Waals surface area (Å²) in [4.78, 5) is 37.3. The van der Waals surface area contributed by atoms with Gasteiger partial charge in [0.15, 0.2) is 0 Å². The summed E-state index contributed by atoms with van der Waals surface area (Å²) in [5.74, 6) is -1.41. The van der Waals surface area contributed by atoms with Gasteiger partial charge in [0.2, 0.25) is 5.91 Å². The molecule has 0 radical (unpaired) electrons. The number of anilines is 1. The molecule has 2 fully saturated rings. The Morgan fingerprint density at radius 3 is 2.08 bits per heavy atom. The Bertz CT molecular complexity index is 1750. The Hall–Kier alpha value is -4.59. The van der Waals surface area contributed by atoms with Crippen molar-refractivity contribution in [3.63, 3.8) is 0 Å². The van der Waals surface area contributed by atoms with Gasteiger partial charge in [-0.05, 0) is 60.5 Å². The van der Waals surface area contributed by atoms with Crippen LogP contribution in [0.4, 0.5) is 36.4 Å². The summed E-state index contributed by atoms with van der Waals surface area (Å²) in [5.41, 5.74) is -1.31. The minimum Gasteiger partial charge on any atom is -0.368 e. The predicted octanol–water partition coefficient (Wildman–Crippen LogP) is 6.06. The van der Waals surface area contributed by atoms with Crippen molar-refractivity contribution in [2.45, 2.75) is 24.8 Å². The van der Waals surface area contributed by atoms with Crippen molar-refractivity contribution >= 4 is 28.4 Å². The molecule has 3 aromatic carbocycles. The van der Waals surface area contributed by atoms with Gasteiger partial charge in [0.1, 0.15) is 5.82 Å². The molecule has 14 heteroatoms. The van der Waals surface area contributed by atoms with Gasteiger partial charge in [-0.3, -0.25) is 14.5 Å². The van der Waals surface area contributed by atoms with Crippen LogP contribution in [0, 0.1) is 5.82 Å². The van der Waals surface area contributed by atoms with Gasteiger partial charge in [-0.15, -0.1) is 0 Å². The molecule has 2 saturated heterocycles. The van der Waals surface area contributed by atoms with Crippen molar-refractivity contribution in [3.8, 4) is 0 Å². The molecular formula is C34H32F7N5O2. The van der Waals surface area contributed by atoms with Crippen molar-refractivity contribution < 1.29 is 40.3 Å². The van der Waals surface area contributed by atoms with Gasteiger partial charge < -0.3 is 19.7 Å². The molecule has 48 heavy (non-hydrogen) atoms. The number of carbonyl (C=O) groups excluding carboxylic acids is 2. The normalized spacial score (nSPS) is 18.1. The van der Waals surface area contributed by atoms with Crippen LogP contribution in [-0.2, 0) is 23.6 Å². The number of fused-ring (bicyclic) bond motifs is 1. The van der Waals surface area contributed by atoms with Crippen LogP contribution in [0.5, 0.6) is 0 Å². The van der Waals surface area contributed by atoms with E-state index >= 15 is 0 Å². The summed E-state index contributed by atoms with van der Waals surface area (Å²) >= 11 is 0. The molecule has 3 heterocycles. The quantitative estimate of drug-likeness (QED) is 0.253. The standard InChI is InChI=1S/C34H32F7N5O2/c35-26-5-7-27(8-6-26)44-10-12-45(13-11-44)31(47)21-43-9-14-46(28(20-43)17-23-19-42-30-4-2-1-3-29(23)30)32(48)22-15-24(33(36,37)38)18-25(16-22)34(39,40)41/h1-8,15-16,18-19,28,42H,9-14,17,20-21H2. The lowest BCUT2D eigenvalue weighted by atomic mass is 9.98. The van der Waals surface area contributed by atoms with E-state index < -0.39 is 41.0 Å². The zero-order valence-electron chi connectivity index (χ0n) is 25.6. The number of aromatic amines is 1. The monoisotopic (exact) mass is 675 g/mol. The Morgan fingerprint density at radius 2 is 1.44 bits per heavy atom. The first-order chi connectivity index (χ1) is 22.8. The predicted molar refractivity (Wildman–Crippen MR) is 165 cm³/mol. The Morgan fingerprint density at radius 1 is 0.792 bits per heavy atom. The van der Waals surface area contributed by atoms with Gasteiger partial charge in [-0.2, -0.15) is 26.3 Å². The van der Waals surface area contributed by atoms with Crippen LogP contribution in [0.1, 0.15) is 27.0 Å². The van der Waals surface area contributed by atoms with Crippen molar-refractivity contribution in [2.75, 3.05) is 57.3 Å². The molecule has 1 aromatic heterocycles. The van der Waals surface area contributed by atoms with E-state index in [1.54, 1.807) is 23.2 Å². The van der Waals surface area contributed by atoms with Gasteiger partial charge in [0.25, 0.3) is 5.91 Å². The molecule has 0 saturated carbocycles. The third-order valence-electron chi connectivity index (χ3n) is 8.98. The zero-order valence-corrected chi connectivity index (χ0v) is 25.6. The number of H-pyrrole nitrogens is 1. The van der Waals surface area contributed by atoms with Gasteiger partial charge in [-0.25, -0.2) is 4.39 Å². The highest BCUT2D eigenvalue weighted by Crippen LogP contribution is 2.37. The fourth-order valence-corrected chi connectivity index (χ4v) is 6.46. The lowest BCUT2D eigenvalue weighted by Crippen LogP contribution is -2.58. The van der Waals surface area contributed by atoms with Crippen LogP contribution in [-0.4, -0.2) is 89.9 Å². The average molecular weight is 676 g/mol. The third-order valence-corrected chi connectivity index (χ3v) is 8.98. The minimum absolute atomic E-state index is 0.00321. The van der Waals surface area contributed by atoms with E-state index in [1.165, 1.54) is 17.0 Å². The Kier molecular flexibility index (Phi) is 9.12. The van der Waals surface area contributed by atoms with Gasteiger partial charge in [0.05, 0.1) is 17.7 Å². The summed E-state index contributed by atoms with van der Waals surface area (Å²) in [6.45, 7) is 2.41. The maximum Gasteiger partial charge on any atom is 0.416 e. The van der Waals surface area contributed by atoms with Crippen molar-refractivity contribution in [1.82, 2.24) is 19.7 Å². The number of benzene rings is 3. The highest BCUT2D eigenvalue weighted by Gasteiger charge is 2.39. The fraction of sp³-hybridized carbons (Fsp3) is 0.353. The summed E-state index contributed by atoms with van der Waals surface area (Å²) in [5, 5.41) is 0.871. The maximum absolute atomic E-state index is 13.8. The number of nitrogens with zero attached hydrogens (tertiary/aromatic N) is 4. The van der Waals surface area contributed by atoms with Crippen LogP contribution in [0.2, 0.25) is 0 Å². The topological polar surface area (TPSA) is 62.9 Å². The second kappa shape index (κ2) is 13.1. The van der Waals surface area contributed by atoms with Gasteiger partial charge >= 0.3 is 12.4 Å². The van der Waals surface area contributed by atoms with E-state index in [1.807, 2.05) is 29.2 Å². The number of rotatable bonds is 6. The van der Waals surface area contributed by atoms with E-state index in [9.17, 15) is 40.3 Å². The minimum atomic E-state index is -5.09. The number of carbonyl (C=O) groups is 2. The lowest BCUT2D eigenvalue weighted by Gasteiger charge is -2.42. The molecule has 0 bridgehead atoms. The number of piperazine rings is 2. The number of nitrogens with one attached hydrogen (secondary N) is 1. The molecule has 7 nitrogen and oxygen atoms in total. The molecule has 6 rings (SSSR count). The molecule has 1 atom stereocenters. The second-order valence-electron chi connectivity index (χ2n) is 12.1. The Labute approximate surface area is 271 Å². The maximum atomic E-state index is 13.8. The van der Waals surface area contributed by atoms with Gasteiger partial charge in [-0.1, -0.05) is 18.2 Å². The molecule has 2 amide bonds. The first-order valence-corrected chi connectivity index (χ1v) is 15.4. The van der Waals surface area contributed by atoms with Crippen LogP contribution < -0.4 is 4.90 Å². The molecule has 1 unspecified atom stereocenters. The van der Waals surface area contributed by atoms with Crippen LogP contribution in [0.25, 0.3) is 10.9 Å². The van der Waals surface area contributed by atoms with E-state index in [2.05, 4.69) is 9.88 Å². The van der Waals surface area contributed by atoms with Gasteiger partial charge in [0, 0.05) is 80.2 Å². The molecule has 4 aromatic rings. The molecule has 2 aliphatic heterocycles. The van der Waals surface area contributed by atoms with Crippen LogP contribution >= 0.6 is 0 Å². The molecule has 0 spiro atoms. The SMILES string of the molecule is O=C(CN1CCN(C(=O)c2cc(C(F)(F)F)cc(C(F)(F)F)c2)C(Cc2c[nH]c3ccccc23)C1)N1CCN(c2ccc(F)cc2)CC1.